The first-order valence-electron chi connectivity index (χ1n) is 6.62. The summed E-state index contributed by atoms with van der Waals surface area (Å²) in [4.78, 5) is 11.4. The summed E-state index contributed by atoms with van der Waals surface area (Å²) in [5, 5.41) is 6.29. The van der Waals surface area contributed by atoms with Crippen LogP contribution in [0.1, 0.15) is 23.7 Å². The molecule has 2 aromatic rings. The van der Waals surface area contributed by atoms with Gasteiger partial charge in [-0.1, -0.05) is 0 Å². The molecule has 0 aliphatic carbocycles. The van der Waals surface area contributed by atoms with Crippen LogP contribution in [0.4, 0.5) is 0 Å². The summed E-state index contributed by atoms with van der Waals surface area (Å²) in [6.45, 7) is 6.83. The van der Waals surface area contributed by atoms with Gasteiger partial charge in [0.2, 0.25) is 0 Å². The van der Waals surface area contributed by atoms with Crippen LogP contribution in [0.15, 0.2) is 22.5 Å². The average Bonchev–Trinajstić information content (AvgIpc) is 2.97. The Hall–Kier alpha value is -1.40. The van der Waals surface area contributed by atoms with Crippen LogP contribution in [0.2, 0.25) is 0 Å². The van der Waals surface area contributed by atoms with Crippen molar-refractivity contribution in [3.05, 3.63) is 27.4 Å². The fraction of sp³-hybridized carbons (Fsp3) is 0.429. The molecule has 6 heteroatoms. The number of nitrogens with two attached hydrogens (primary N) is 1. The molecule has 0 unspecified atom stereocenters. The minimum absolute atomic E-state index is 0.319. The molecule has 2 heterocycles. The summed E-state index contributed by atoms with van der Waals surface area (Å²) in [6, 6.07) is 4.60. The predicted molar refractivity (Wildman–Crippen MR) is 88.6 cm³/mol. The van der Waals surface area contributed by atoms with Crippen LogP contribution < -0.4 is 11.1 Å². The number of guanidine groups is 1. The van der Waals surface area contributed by atoms with E-state index in [4.69, 9.17) is 5.73 Å². The molecule has 2 aromatic heterocycles. The second-order valence-electron chi connectivity index (χ2n) is 4.83. The van der Waals surface area contributed by atoms with Crippen LogP contribution in [0.3, 0.4) is 0 Å². The highest BCUT2D eigenvalue weighted by atomic mass is 32.1. The van der Waals surface area contributed by atoms with Gasteiger partial charge in [0.25, 0.3) is 0 Å². The summed E-state index contributed by atoms with van der Waals surface area (Å²) in [7, 11) is 0. The molecule has 108 valence electrons. The molecule has 20 heavy (non-hydrogen) atoms. The Morgan fingerprint density at radius 3 is 2.90 bits per heavy atom. The van der Waals surface area contributed by atoms with Crippen LogP contribution in [0.5, 0.6) is 0 Å². The lowest BCUT2D eigenvalue weighted by Crippen LogP contribution is -2.36. The zero-order chi connectivity index (χ0) is 14.5. The number of thiazole rings is 1. The van der Waals surface area contributed by atoms with E-state index >= 15 is 0 Å². The fourth-order valence-electron chi connectivity index (χ4n) is 1.75. The number of aryl methyl sites for hydroxylation is 1. The normalized spacial score (nSPS) is 12.1. The van der Waals surface area contributed by atoms with Crippen molar-refractivity contribution in [1.29, 1.82) is 0 Å². The van der Waals surface area contributed by atoms with Crippen LogP contribution >= 0.6 is 22.7 Å². The lowest BCUT2D eigenvalue weighted by molar-refractivity contribution is 0.723. The van der Waals surface area contributed by atoms with Crippen LogP contribution in [-0.4, -0.2) is 23.5 Å². The van der Waals surface area contributed by atoms with E-state index in [0.717, 1.165) is 17.1 Å². The minimum atomic E-state index is 0.319. The van der Waals surface area contributed by atoms with E-state index in [1.807, 2.05) is 20.8 Å². The first-order chi connectivity index (χ1) is 9.54. The Labute approximate surface area is 127 Å². The topological polar surface area (TPSA) is 63.3 Å². The molecule has 0 aliphatic rings. The number of thiophene rings is 1. The maximum absolute atomic E-state index is 5.77. The zero-order valence-corrected chi connectivity index (χ0v) is 13.6. The molecule has 0 aromatic carbocycles. The van der Waals surface area contributed by atoms with Crippen LogP contribution in [0.25, 0.3) is 10.6 Å². The second-order valence-corrected chi connectivity index (χ2v) is 7.06. The number of nitrogens with one attached hydrogen (secondary N) is 1. The number of hydrogen-bond donors (Lipinski definition) is 2. The molecule has 4 nitrogen and oxygen atoms in total. The summed E-state index contributed by atoms with van der Waals surface area (Å²) in [5.41, 5.74) is 6.85. The maximum Gasteiger partial charge on any atom is 0.188 e. The molecule has 0 bridgehead atoms. The number of hydrogen-bond acceptors (Lipinski definition) is 4. The van der Waals surface area contributed by atoms with Gasteiger partial charge >= 0.3 is 0 Å². The first-order valence-corrected chi connectivity index (χ1v) is 8.32. The fourth-order valence-corrected chi connectivity index (χ4v) is 3.40. The summed E-state index contributed by atoms with van der Waals surface area (Å²) < 4.78 is 0. The zero-order valence-electron chi connectivity index (χ0n) is 12.0. The van der Waals surface area contributed by atoms with Gasteiger partial charge in [-0.2, -0.15) is 0 Å². The van der Waals surface area contributed by atoms with Gasteiger partial charge in [-0.3, -0.25) is 4.99 Å². The molecule has 0 spiro atoms. The molecule has 0 saturated carbocycles. The van der Waals surface area contributed by atoms with Crippen molar-refractivity contribution in [3.63, 3.8) is 0 Å². The summed E-state index contributed by atoms with van der Waals surface area (Å²) >= 11 is 3.46. The van der Waals surface area contributed by atoms with Gasteiger partial charge in [-0.05, 0) is 32.9 Å². The van der Waals surface area contributed by atoms with E-state index < -0.39 is 0 Å². The number of nitrogens with zero attached hydrogens (tertiary/aromatic N) is 2. The molecular formula is C14H20N4S2. The van der Waals surface area contributed by atoms with Crippen molar-refractivity contribution < 1.29 is 0 Å². The molecule has 3 N–H and O–H groups in total. The quantitative estimate of drug-likeness (QED) is 0.659. The van der Waals surface area contributed by atoms with E-state index in [-0.39, 0.29) is 0 Å². The van der Waals surface area contributed by atoms with Gasteiger partial charge in [-0.25, -0.2) is 4.98 Å². The minimum Gasteiger partial charge on any atom is -0.370 e. The van der Waals surface area contributed by atoms with E-state index in [0.29, 0.717) is 18.5 Å². The SMILES string of the molecule is Cc1nc(-c2ccc(CCN=C(N)NC(C)C)s2)cs1. The number of aliphatic imine (C=N–C) groups is 1. The maximum atomic E-state index is 5.77. The van der Waals surface area contributed by atoms with Crippen LogP contribution in [-0.2, 0) is 6.42 Å². The Morgan fingerprint density at radius 1 is 1.45 bits per heavy atom. The summed E-state index contributed by atoms with van der Waals surface area (Å²) in [5.74, 6) is 0.520. The second kappa shape index (κ2) is 6.85. The third-order valence-electron chi connectivity index (χ3n) is 2.61. The van der Waals surface area contributed by atoms with Crippen molar-refractivity contribution in [2.45, 2.75) is 33.2 Å². The highest BCUT2D eigenvalue weighted by molar-refractivity contribution is 7.16. The average molecular weight is 308 g/mol. The van der Waals surface area contributed by atoms with Gasteiger partial charge in [-0.15, -0.1) is 22.7 Å². The highest BCUT2D eigenvalue weighted by Crippen LogP contribution is 2.29. The largest absolute Gasteiger partial charge is 0.370 e. The van der Waals surface area contributed by atoms with Gasteiger partial charge in [0.15, 0.2) is 5.96 Å². The molecule has 0 atom stereocenters. The molecule has 0 saturated heterocycles. The standard InChI is InChI=1S/C14H20N4S2/c1-9(2)17-14(15)16-7-6-11-4-5-13(20-11)12-8-19-10(3)18-12/h4-5,8-9H,6-7H2,1-3H3,(H3,15,16,17). The Morgan fingerprint density at radius 2 is 2.25 bits per heavy atom. The van der Waals surface area contributed by atoms with Crippen molar-refractivity contribution in [3.8, 4) is 10.6 Å². The smallest absolute Gasteiger partial charge is 0.188 e. The van der Waals surface area contributed by atoms with E-state index in [1.54, 1.807) is 22.7 Å². The Kier molecular flexibility index (Phi) is 5.14. The Bertz CT molecular complexity index is 584. The molecule has 0 amide bonds. The van der Waals surface area contributed by atoms with Crippen LogP contribution in [0, 0.1) is 6.92 Å². The molecule has 0 radical (unpaired) electrons. The molecule has 2 rings (SSSR count). The van der Waals surface area contributed by atoms with Gasteiger partial charge in [0, 0.05) is 29.3 Å². The third kappa shape index (κ3) is 4.31. The number of rotatable bonds is 5. The first kappa shape index (κ1) is 15.0. The van der Waals surface area contributed by atoms with E-state index in [2.05, 4.69) is 32.8 Å². The van der Waals surface area contributed by atoms with E-state index in [9.17, 15) is 0 Å². The lowest BCUT2D eigenvalue weighted by atomic mass is 10.3. The molecule has 0 fully saturated rings. The van der Waals surface area contributed by atoms with Crippen molar-refractivity contribution in [2.75, 3.05) is 6.54 Å². The molecule has 0 aliphatic heterocycles. The monoisotopic (exact) mass is 308 g/mol. The van der Waals surface area contributed by atoms with Crippen molar-refractivity contribution in [2.24, 2.45) is 10.7 Å². The lowest BCUT2D eigenvalue weighted by Gasteiger charge is -2.07. The van der Waals surface area contributed by atoms with Crippen molar-refractivity contribution in [1.82, 2.24) is 10.3 Å². The van der Waals surface area contributed by atoms with Gasteiger partial charge < -0.3 is 11.1 Å². The Balaban J connectivity index is 1.90. The third-order valence-corrected chi connectivity index (χ3v) is 4.55. The van der Waals surface area contributed by atoms with E-state index in [1.165, 1.54) is 9.75 Å². The van der Waals surface area contributed by atoms with Gasteiger partial charge in [0.1, 0.15) is 0 Å². The molecular weight excluding hydrogens is 288 g/mol. The van der Waals surface area contributed by atoms with Gasteiger partial charge in [0.05, 0.1) is 15.6 Å². The highest BCUT2D eigenvalue weighted by Gasteiger charge is 2.06. The number of aromatic nitrogens is 1. The van der Waals surface area contributed by atoms with Crippen molar-refractivity contribution >= 4 is 28.6 Å². The predicted octanol–water partition coefficient (Wildman–Crippen LogP) is 3.04. The summed E-state index contributed by atoms with van der Waals surface area (Å²) in [6.07, 6.45) is 0.911.